The van der Waals surface area contributed by atoms with Crippen molar-refractivity contribution < 1.29 is 23.8 Å². The zero-order valence-electron chi connectivity index (χ0n) is 11.9. The van der Waals surface area contributed by atoms with Crippen molar-refractivity contribution in [2.75, 3.05) is 13.7 Å². The molecule has 1 aromatic heterocycles. The molecule has 0 saturated carbocycles. The fourth-order valence-electron chi connectivity index (χ4n) is 2.02. The van der Waals surface area contributed by atoms with Gasteiger partial charge in [-0.05, 0) is 24.6 Å². The van der Waals surface area contributed by atoms with Gasteiger partial charge in [-0.3, -0.25) is 9.36 Å². The van der Waals surface area contributed by atoms with Gasteiger partial charge in [0.25, 0.3) is 0 Å². The lowest BCUT2D eigenvalue weighted by atomic mass is 10.2. The number of aromatic nitrogens is 1. The molecule has 21 heavy (non-hydrogen) atoms. The molecule has 2 aromatic rings. The van der Waals surface area contributed by atoms with E-state index in [2.05, 4.69) is 0 Å². The van der Waals surface area contributed by atoms with E-state index >= 15 is 0 Å². The molecule has 1 atom stereocenters. The number of benzene rings is 1. The zero-order valence-corrected chi connectivity index (χ0v) is 11.9. The van der Waals surface area contributed by atoms with Crippen LogP contribution in [-0.2, 0) is 27.4 Å². The molecule has 7 nitrogen and oxygen atoms in total. The molecule has 0 spiro atoms. The number of oxazole rings is 1. The Morgan fingerprint density at radius 2 is 2.24 bits per heavy atom. The molecular formula is C14H17NO6. The van der Waals surface area contributed by atoms with E-state index in [1.807, 2.05) is 0 Å². The average Bonchev–Trinajstić information content (AvgIpc) is 2.74. The molecule has 0 bridgehead atoms. The van der Waals surface area contributed by atoms with Crippen molar-refractivity contribution in [1.29, 1.82) is 0 Å². The second-order valence-electron chi connectivity index (χ2n) is 4.67. The van der Waals surface area contributed by atoms with E-state index in [0.717, 1.165) is 0 Å². The Morgan fingerprint density at radius 1 is 1.48 bits per heavy atom. The molecule has 7 heteroatoms. The van der Waals surface area contributed by atoms with Crippen molar-refractivity contribution >= 4 is 17.1 Å². The Kier molecular flexibility index (Phi) is 4.77. The van der Waals surface area contributed by atoms with Gasteiger partial charge in [-0.2, -0.15) is 0 Å². The maximum atomic E-state index is 11.8. The van der Waals surface area contributed by atoms with Crippen LogP contribution in [-0.4, -0.2) is 35.5 Å². The van der Waals surface area contributed by atoms with Gasteiger partial charge in [0.2, 0.25) is 0 Å². The summed E-state index contributed by atoms with van der Waals surface area (Å²) >= 11 is 0. The van der Waals surface area contributed by atoms with Crippen LogP contribution < -0.4 is 5.76 Å². The van der Waals surface area contributed by atoms with Crippen molar-refractivity contribution in [1.82, 2.24) is 4.57 Å². The van der Waals surface area contributed by atoms with Crippen LogP contribution in [0.4, 0.5) is 0 Å². The van der Waals surface area contributed by atoms with E-state index in [-0.39, 0.29) is 19.8 Å². The third kappa shape index (κ3) is 3.50. The van der Waals surface area contributed by atoms with E-state index in [4.69, 9.17) is 19.0 Å². The van der Waals surface area contributed by atoms with Gasteiger partial charge >= 0.3 is 11.7 Å². The van der Waals surface area contributed by atoms with E-state index in [0.29, 0.717) is 16.7 Å². The molecule has 2 rings (SSSR count). The first-order valence-corrected chi connectivity index (χ1v) is 6.46. The summed E-state index contributed by atoms with van der Waals surface area (Å²) in [5.41, 5.74) is 1.43. The number of ether oxygens (including phenoxy) is 2. The number of aliphatic hydroxyl groups is 1. The zero-order chi connectivity index (χ0) is 15.4. The number of hydrogen-bond donors (Lipinski definition) is 1. The molecule has 0 radical (unpaired) electrons. The number of esters is 1. The van der Waals surface area contributed by atoms with E-state index in [1.54, 1.807) is 25.1 Å². The number of rotatable bonds is 6. The molecule has 114 valence electrons. The van der Waals surface area contributed by atoms with Crippen molar-refractivity contribution in [3.63, 3.8) is 0 Å². The molecule has 0 aliphatic rings. The first-order valence-electron chi connectivity index (χ1n) is 6.46. The Hall–Kier alpha value is -2.12. The summed E-state index contributed by atoms with van der Waals surface area (Å²) in [6.45, 7) is 1.56. The lowest BCUT2D eigenvalue weighted by molar-refractivity contribution is -0.151. The molecule has 0 aliphatic heterocycles. The molecule has 1 unspecified atom stereocenters. The molecule has 0 aliphatic carbocycles. The standard InChI is InChI=1S/C14H17NO6/c1-9(8-19-2)20-13(17)6-15-11-5-10(7-16)3-4-12(11)21-14(15)18/h3-5,9,16H,6-8H2,1-2H3. The van der Waals surface area contributed by atoms with Gasteiger partial charge in [0, 0.05) is 7.11 Å². The van der Waals surface area contributed by atoms with Crippen LogP contribution in [0.2, 0.25) is 0 Å². The van der Waals surface area contributed by atoms with E-state index < -0.39 is 17.8 Å². The summed E-state index contributed by atoms with van der Waals surface area (Å²) in [5.74, 6) is -1.20. The summed E-state index contributed by atoms with van der Waals surface area (Å²) < 4.78 is 16.2. The lowest BCUT2D eigenvalue weighted by Crippen LogP contribution is -2.26. The van der Waals surface area contributed by atoms with Crippen molar-refractivity contribution in [2.45, 2.75) is 26.2 Å². The fourth-order valence-corrected chi connectivity index (χ4v) is 2.02. The third-order valence-electron chi connectivity index (χ3n) is 2.94. The second kappa shape index (κ2) is 6.55. The molecule has 1 N–H and O–H groups in total. The Bertz CT molecular complexity index is 686. The summed E-state index contributed by atoms with van der Waals surface area (Å²) in [7, 11) is 1.51. The summed E-state index contributed by atoms with van der Waals surface area (Å²) in [5, 5.41) is 9.13. The number of hydrogen-bond acceptors (Lipinski definition) is 6. The third-order valence-corrected chi connectivity index (χ3v) is 2.94. The number of fused-ring (bicyclic) bond motifs is 1. The number of aliphatic hydroxyl groups excluding tert-OH is 1. The van der Waals surface area contributed by atoms with Gasteiger partial charge in [-0.25, -0.2) is 4.79 Å². The second-order valence-corrected chi connectivity index (χ2v) is 4.67. The minimum atomic E-state index is -0.642. The number of methoxy groups -OCH3 is 1. The lowest BCUT2D eigenvalue weighted by Gasteiger charge is -2.12. The molecule has 0 saturated heterocycles. The Labute approximate surface area is 120 Å². The first kappa shape index (κ1) is 15.3. The smallest absolute Gasteiger partial charge is 0.420 e. The maximum absolute atomic E-state index is 11.8. The van der Waals surface area contributed by atoms with Gasteiger partial charge in [-0.1, -0.05) is 6.07 Å². The molecule has 0 fully saturated rings. The van der Waals surface area contributed by atoms with Crippen LogP contribution in [0, 0.1) is 0 Å². The summed E-state index contributed by atoms with van der Waals surface area (Å²) in [4.78, 5) is 23.6. The molecular weight excluding hydrogens is 278 g/mol. The topological polar surface area (TPSA) is 90.9 Å². The SMILES string of the molecule is COCC(C)OC(=O)Cn1c(=O)oc2ccc(CO)cc21. The predicted octanol–water partition coefficient (Wildman–Crippen LogP) is 0.665. The Balaban J connectivity index is 2.23. The molecule has 1 heterocycles. The van der Waals surface area contributed by atoms with E-state index in [1.165, 1.54) is 11.7 Å². The van der Waals surface area contributed by atoms with Crippen LogP contribution in [0.5, 0.6) is 0 Å². The number of nitrogens with zero attached hydrogens (tertiary/aromatic N) is 1. The summed E-state index contributed by atoms with van der Waals surface area (Å²) in [6.07, 6.45) is -0.399. The van der Waals surface area contributed by atoms with Crippen LogP contribution in [0.3, 0.4) is 0 Å². The highest BCUT2D eigenvalue weighted by atomic mass is 16.6. The molecule has 0 amide bonds. The Morgan fingerprint density at radius 3 is 2.90 bits per heavy atom. The minimum Gasteiger partial charge on any atom is -0.459 e. The largest absolute Gasteiger partial charge is 0.459 e. The highest BCUT2D eigenvalue weighted by Gasteiger charge is 2.16. The number of carbonyl (C=O) groups is 1. The van der Waals surface area contributed by atoms with E-state index in [9.17, 15) is 9.59 Å². The van der Waals surface area contributed by atoms with Crippen molar-refractivity contribution in [3.8, 4) is 0 Å². The maximum Gasteiger partial charge on any atom is 0.420 e. The van der Waals surface area contributed by atoms with Gasteiger partial charge < -0.3 is 19.0 Å². The highest BCUT2D eigenvalue weighted by Crippen LogP contribution is 2.15. The van der Waals surface area contributed by atoms with Crippen molar-refractivity contribution in [2.24, 2.45) is 0 Å². The highest BCUT2D eigenvalue weighted by molar-refractivity contribution is 5.77. The van der Waals surface area contributed by atoms with Crippen LogP contribution in [0.1, 0.15) is 12.5 Å². The van der Waals surface area contributed by atoms with Gasteiger partial charge in [0.15, 0.2) is 5.58 Å². The first-order chi connectivity index (χ1) is 10.0. The minimum absolute atomic E-state index is 0.162. The number of carbonyl (C=O) groups excluding carboxylic acids is 1. The van der Waals surface area contributed by atoms with Crippen LogP contribution in [0.15, 0.2) is 27.4 Å². The van der Waals surface area contributed by atoms with Crippen LogP contribution in [0.25, 0.3) is 11.1 Å². The average molecular weight is 295 g/mol. The quantitative estimate of drug-likeness (QED) is 0.787. The fraction of sp³-hybridized carbons (Fsp3) is 0.429. The van der Waals surface area contributed by atoms with Gasteiger partial charge in [-0.15, -0.1) is 0 Å². The van der Waals surface area contributed by atoms with Crippen molar-refractivity contribution in [3.05, 3.63) is 34.3 Å². The van der Waals surface area contributed by atoms with Crippen LogP contribution >= 0.6 is 0 Å². The summed E-state index contributed by atoms with van der Waals surface area (Å²) in [6, 6.07) is 4.83. The monoisotopic (exact) mass is 295 g/mol. The van der Waals surface area contributed by atoms with Gasteiger partial charge in [0.05, 0.1) is 18.7 Å². The normalized spacial score (nSPS) is 12.5. The predicted molar refractivity (Wildman–Crippen MR) is 73.8 cm³/mol. The molecule has 1 aromatic carbocycles. The van der Waals surface area contributed by atoms with Gasteiger partial charge in [0.1, 0.15) is 12.6 Å².